The van der Waals surface area contributed by atoms with Crippen molar-refractivity contribution in [2.45, 2.75) is 25.4 Å². The van der Waals surface area contributed by atoms with E-state index in [0.29, 0.717) is 30.8 Å². The van der Waals surface area contributed by atoms with Crippen LogP contribution in [0.15, 0.2) is 18.3 Å². The van der Waals surface area contributed by atoms with Gasteiger partial charge in [-0.25, -0.2) is 0 Å². The van der Waals surface area contributed by atoms with Crippen LogP contribution in [-0.4, -0.2) is 41.3 Å². The molecule has 0 bridgehead atoms. The van der Waals surface area contributed by atoms with E-state index in [0.717, 1.165) is 6.42 Å². The molecule has 102 valence electrons. The maximum atomic E-state index is 12.4. The number of likely N-dealkylation sites (tertiary alicyclic amines) is 1. The molecular formula is C13H18N4O2. The molecule has 1 aromatic heterocycles. The summed E-state index contributed by atoms with van der Waals surface area (Å²) >= 11 is 0. The van der Waals surface area contributed by atoms with E-state index in [4.69, 9.17) is 5.73 Å². The Morgan fingerprint density at radius 1 is 1.58 bits per heavy atom. The molecule has 1 unspecified atom stereocenters. The van der Waals surface area contributed by atoms with Crippen molar-refractivity contribution in [3.05, 3.63) is 29.6 Å². The van der Waals surface area contributed by atoms with Crippen LogP contribution in [0.3, 0.4) is 0 Å². The van der Waals surface area contributed by atoms with Gasteiger partial charge in [0.2, 0.25) is 5.91 Å². The predicted molar refractivity (Wildman–Crippen MR) is 70.3 cm³/mol. The number of aromatic nitrogens is 1. The lowest BCUT2D eigenvalue weighted by Gasteiger charge is -2.23. The number of hydrogen-bond acceptors (Lipinski definition) is 4. The maximum Gasteiger partial charge on any atom is 0.254 e. The molecule has 1 fully saturated rings. The second kappa shape index (κ2) is 5.79. The molecular weight excluding hydrogens is 244 g/mol. The number of pyridine rings is 1. The molecule has 1 aliphatic rings. The monoisotopic (exact) mass is 262 g/mol. The fourth-order valence-electron chi connectivity index (χ4n) is 2.34. The average Bonchev–Trinajstić information content (AvgIpc) is 2.95. The van der Waals surface area contributed by atoms with Crippen molar-refractivity contribution >= 4 is 11.8 Å². The van der Waals surface area contributed by atoms with Crippen molar-refractivity contribution in [3.8, 4) is 0 Å². The predicted octanol–water partition coefficient (Wildman–Crippen LogP) is -0.109. The number of likely N-dealkylation sites (N-methyl/N-ethyl adjacent to an activating group) is 1. The number of carbonyl (C=O) groups excluding carboxylic acids is 2. The largest absolute Gasteiger partial charge is 0.357 e. The molecule has 1 aromatic rings. The van der Waals surface area contributed by atoms with Crippen LogP contribution in [0.1, 0.15) is 28.9 Å². The molecule has 2 rings (SSSR count). The summed E-state index contributed by atoms with van der Waals surface area (Å²) in [6, 6.07) is 2.97. The second-order valence-electron chi connectivity index (χ2n) is 4.51. The smallest absolute Gasteiger partial charge is 0.254 e. The molecule has 19 heavy (non-hydrogen) atoms. The van der Waals surface area contributed by atoms with E-state index >= 15 is 0 Å². The highest BCUT2D eigenvalue weighted by molar-refractivity contribution is 5.97. The van der Waals surface area contributed by atoms with Crippen LogP contribution >= 0.6 is 0 Å². The Labute approximate surface area is 112 Å². The molecule has 0 aromatic carbocycles. The number of nitrogens with two attached hydrogens (primary N) is 1. The summed E-state index contributed by atoms with van der Waals surface area (Å²) in [5, 5.41) is 2.60. The molecule has 1 saturated heterocycles. The number of nitrogens with zero attached hydrogens (tertiary/aromatic N) is 2. The van der Waals surface area contributed by atoms with Crippen molar-refractivity contribution in [1.82, 2.24) is 15.2 Å². The van der Waals surface area contributed by atoms with Gasteiger partial charge in [-0.05, 0) is 25.0 Å². The van der Waals surface area contributed by atoms with Gasteiger partial charge in [0.15, 0.2) is 0 Å². The molecule has 0 spiro atoms. The van der Waals surface area contributed by atoms with Gasteiger partial charge in [0, 0.05) is 31.9 Å². The minimum Gasteiger partial charge on any atom is -0.357 e. The van der Waals surface area contributed by atoms with Gasteiger partial charge in [-0.3, -0.25) is 14.6 Å². The van der Waals surface area contributed by atoms with Crippen molar-refractivity contribution in [2.24, 2.45) is 5.73 Å². The van der Waals surface area contributed by atoms with Crippen molar-refractivity contribution in [3.63, 3.8) is 0 Å². The van der Waals surface area contributed by atoms with Crippen LogP contribution in [0.5, 0.6) is 0 Å². The zero-order valence-electron chi connectivity index (χ0n) is 10.9. The number of carbonyl (C=O) groups is 2. The molecule has 3 N–H and O–H groups in total. The zero-order valence-corrected chi connectivity index (χ0v) is 10.9. The first-order valence-corrected chi connectivity index (χ1v) is 6.35. The molecule has 0 saturated carbocycles. The van der Waals surface area contributed by atoms with Crippen LogP contribution < -0.4 is 11.1 Å². The van der Waals surface area contributed by atoms with Crippen LogP contribution in [0, 0.1) is 0 Å². The van der Waals surface area contributed by atoms with Gasteiger partial charge < -0.3 is 16.0 Å². The summed E-state index contributed by atoms with van der Waals surface area (Å²) in [4.78, 5) is 29.9. The van der Waals surface area contributed by atoms with Crippen molar-refractivity contribution in [2.75, 3.05) is 13.6 Å². The van der Waals surface area contributed by atoms with Gasteiger partial charge in [-0.15, -0.1) is 0 Å². The van der Waals surface area contributed by atoms with E-state index in [1.807, 2.05) is 0 Å². The first-order valence-electron chi connectivity index (χ1n) is 6.35. The Morgan fingerprint density at radius 2 is 2.37 bits per heavy atom. The van der Waals surface area contributed by atoms with Crippen molar-refractivity contribution in [1.29, 1.82) is 0 Å². The SMILES string of the molecule is CNC(=O)C1CCCN1C(=O)c1ccnc(CN)c1. The lowest BCUT2D eigenvalue weighted by atomic mass is 10.1. The van der Waals surface area contributed by atoms with Gasteiger partial charge in [-0.2, -0.15) is 0 Å². The van der Waals surface area contributed by atoms with E-state index in [9.17, 15) is 9.59 Å². The zero-order chi connectivity index (χ0) is 13.8. The van der Waals surface area contributed by atoms with E-state index in [2.05, 4.69) is 10.3 Å². The highest BCUT2D eigenvalue weighted by Gasteiger charge is 2.33. The number of rotatable bonds is 3. The van der Waals surface area contributed by atoms with Gasteiger partial charge in [0.1, 0.15) is 6.04 Å². The highest BCUT2D eigenvalue weighted by atomic mass is 16.2. The standard InChI is InChI=1S/C13H18N4O2/c1-15-12(18)11-3-2-6-17(11)13(19)9-4-5-16-10(7-9)8-14/h4-5,7,11H,2-3,6,8,14H2,1H3,(H,15,18). The third-order valence-corrected chi connectivity index (χ3v) is 3.34. The van der Waals surface area contributed by atoms with Crippen LogP contribution in [0.4, 0.5) is 0 Å². The van der Waals surface area contributed by atoms with Gasteiger partial charge in [-0.1, -0.05) is 0 Å². The maximum absolute atomic E-state index is 12.4. The first-order chi connectivity index (χ1) is 9.17. The van der Waals surface area contributed by atoms with E-state index < -0.39 is 0 Å². The van der Waals surface area contributed by atoms with E-state index in [-0.39, 0.29) is 17.9 Å². The summed E-state index contributed by atoms with van der Waals surface area (Å²) in [6.45, 7) is 0.900. The molecule has 0 radical (unpaired) electrons. The quantitative estimate of drug-likeness (QED) is 0.795. The number of nitrogens with one attached hydrogen (secondary N) is 1. The summed E-state index contributed by atoms with van der Waals surface area (Å²) in [7, 11) is 1.59. The topological polar surface area (TPSA) is 88.3 Å². The third kappa shape index (κ3) is 2.73. The molecule has 2 heterocycles. The Kier molecular flexibility index (Phi) is 4.11. The Balaban J connectivity index is 2.20. The minimum atomic E-state index is -0.369. The average molecular weight is 262 g/mol. The fraction of sp³-hybridized carbons (Fsp3) is 0.462. The molecule has 6 heteroatoms. The number of amides is 2. The van der Waals surface area contributed by atoms with Crippen molar-refractivity contribution < 1.29 is 9.59 Å². The normalized spacial score (nSPS) is 18.4. The van der Waals surface area contributed by atoms with Crippen LogP contribution in [0.2, 0.25) is 0 Å². The van der Waals surface area contributed by atoms with Gasteiger partial charge >= 0.3 is 0 Å². The molecule has 2 amide bonds. The first kappa shape index (κ1) is 13.5. The molecule has 1 atom stereocenters. The summed E-state index contributed by atoms with van der Waals surface area (Å²) < 4.78 is 0. The van der Waals surface area contributed by atoms with Gasteiger partial charge in [0.25, 0.3) is 5.91 Å². The molecule has 6 nitrogen and oxygen atoms in total. The summed E-state index contributed by atoms with van der Waals surface area (Å²) in [5.41, 5.74) is 6.72. The highest BCUT2D eigenvalue weighted by Crippen LogP contribution is 2.20. The van der Waals surface area contributed by atoms with Crippen LogP contribution in [0.25, 0.3) is 0 Å². The Morgan fingerprint density at radius 3 is 3.05 bits per heavy atom. The van der Waals surface area contributed by atoms with E-state index in [1.165, 1.54) is 0 Å². The summed E-state index contributed by atoms with van der Waals surface area (Å²) in [5.74, 6) is -0.248. The summed E-state index contributed by atoms with van der Waals surface area (Å²) in [6.07, 6.45) is 3.12. The fourth-order valence-corrected chi connectivity index (χ4v) is 2.34. The van der Waals surface area contributed by atoms with Gasteiger partial charge in [0.05, 0.1) is 5.69 Å². The van der Waals surface area contributed by atoms with E-state index in [1.54, 1.807) is 30.3 Å². The molecule has 1 aliphatic heterocycles. The Hall–Kier alpha value is -1.95. The molecule has 0 aliphatic carbocycles. The third-order valence-electron chi connectivity index (χ3n) is 3.34. The second-order valence-corrected chi connectivity index (χ2v) is 4.51. The lowest BCUT2D eigenvalue weighted by Crippen LogP contribution is -2.44. The number of hydrogen-bond donors (Lipinski definition) is 2. The van der Waals surface area contributed by atoms with Crippen LogP contribution in [-0.2, 0) is 11.3 Å². The lowest BCUT2D eigenvalue weighted by molar-refractivity contribution is -0.124. The Bertz CT molecular complexity index is 489. The minimum absolute atomic E-state index is 0.112.